The summed E-state index contributed by atoms with van der Waals surface area (Å²) in [5, 5.41) is -0.544. The number of methoxy groups -OCH3 is 1. The van der Waals surface area contributed by atoms with E-state index in [9.17, 15) is 26.4 Å². The van der Waals surface area contributed by atoms with Crippen molar-refractivity contribution in [3.63, 3.8) is 0 Å². The Balaban J connectivity index is 1.72. The van der Waals surface area contributed by atoms with E-state index < -0.39 is 50.5 Å². The summed E-state index contributed by atoms with van der Waals surface area (Å²) < 4.78 is 77.4. The number of sulfonamides is 1. The molecule has 3 unspecified atom stereocenters. The van der Waals surface area contributed by atoms with Gasteiger partial charge in [-0.2, -0.15) is 13.2 Å². The Morgan fingerprint density at radius 3 is 2.56 bits per heavy atom. The quantitative estimate of drug-likeness (QED) is 0.568. The number of ether oxygens (including phenoxy) is 2. The van der Waals surface area contributed by atoms with Gasteiger partial charge in [0.25, 0.3) is 0 Å². The van der Waals surface area contributed by atoms with Crippen LogP contribution in [0.4, 0.5) is 18.0 Å². The van der Waals surface area contributed by atoms with Crippen LogP contribution in [0.1, 0.15) is 58.0 Å². The lowest BCUT2D eigenvalue weighted by molar-refractivity contribution is -0.141. The van der Waals surface area contributed by atoms with E-state index in [4.69, 9.17) is 21.1 Å². The molecule has 1 aliphatic heterocycles. The highest BCUT2D eigenvalue weighted by atomic mass is 35.5. The third kappa shape index (κ3) is 6.22. The molecule has 36 heavy (non-hydrogen) atoms. The molecule has 0 bridgehead atoms. The van der Waals surface area contributed by atoms with Crippen LogP contribution in [-0.2, 0) is 31.1 Å². The van der Waals surface area contributed by atoms with E-state index in [2.05, 4.69) is 14.7 Å². The van der Waals surface area contributed by atoms with Crippen LogP contribution in [0.25, 0.3) is 0 Å². The second-order valence-electron chi connectivity index (χ2n) is 9.96. The van der Waals surface area contributed by atoms with E-state index in [0.29, 0.717) is 25.7 Å². The Kier molecular flexibility index (Phi) is 8.48. The van der Waals surface area contributed by atoms with Crippen molar-refractivity contribution in [2.45, 2.75) is 82.3 Å². The number of carbonyl (C=O) groups is 1. The van der Waals surface area contributed by atoms with E-state index in [0.717, 1.165) is 12.5 Å². The van der Waals surface area contributed by atoms with E-state index in [1.54, 1.807) is 0 Å². The van der Waals surface area contributed by atoms with Crippen LogP contribution in [0.5, 0.6) is 0 Å². The molecule has 0 spiro atoms. The van der Waals surface area contributed by atoms with E-state index in [1.807, 2.05) is 20.8 Å². The van der Waals surface area contributed by atoms with Crippen molar-refractivity contribution in [1.82, 2.24) is 19.6 Å². The fourth-order valence-electron chi connectivity index (χ4n) is 5.22. The van der Waals surface area contributed by atoms with Gasteiger partial charge in [-0.05, 0) is 38.5 Å². The molecular weight excluding hydrogens is 525 g/mol. The molecule has 1 aliphatic carbocycles. The lowest BCUT2D eigenvalue weighted by Crippen LogP contribution is -2.50. The molecule has 1 aromatic heterocycles. The fraction of sp³-hybridized carbons (Fsp3) is 0.773. The van der Waals surface area contributed by atoms with E-state index >= 15 is 0 Å². The number of hydrogen-bond donors (Lipinski definition) is 1. The van der Waals surface area contributed by atoms with Crippen molar-refractivity contribution in [3.8, 4) is 0 Å². The first kappa shape index (κ1) is 28.9. The van der Waals surface area contributed by atoms with E-state index in [-0.39, 0.29) is 30.5 Å². The lowest BCUT2D eigenvalue weighted by atomic mass is 9.67. The van der Waals surface area contributed by atoms with Gasteiger partial charge in [-0.15, -0.1) is 0 Å². The zero-order chi connectivity index (χ0) is 27.1. The second-order valence-corrected chi connectivity index (χ2v) is 12.1. The zero-order valence-corrected chi connectivity index (χ0v) is 22.4. The van der Waals surface area contributed by atoms with Gasteiger partial charge in [0.2, 0.25) is 10.0 Å². The summed E-state index contributed by atoms with van der Waals surface area (Å²) in [6.07, 6.45) is -1.51. The zero-order valence-electron chi connectivity index (χ0n) is 20.8. The second kappa shape index (κ2) is 10.6. The molecule has 2 fully saturated rings. The Bertz CT molecular complexity index is 1080. The van der Waals surface area contributed by atoms with Crippen LogP contribution < -0.4 is 4.72 Å². The maximum Gasteiger partial charge on any atom is 0.434 e. The highest BCUT2D eigenvalue weighted by Gasteiger charge is 2.46. The Morgan fingerprint density at radius 2 is 2.00 bits per heavy atom. The number of nitrogens with zero attached hydrogens (tertiary/aromatic N) is 3. The number of amides is 1. The predicted molar refractivity (Wildman–Crippen MR) is 126 cm³/mol. The van der Waals surface area contributed by atoms with Gasteiger partial charge in [0.15, 0.2) is 5.69 Å². The maximum atomic E-state index is 13.3. The number of rotatable bonds is 6. The molecule has 6 atom stereocenters. The summed E-state index contributed by atoms with van der Waals surface area (Å²) >= 11 is 5.69. The van der Waals surface area contributed by atoms with Gasteiger partial charge in [0, 0.05) is 23.7 Å². The average Bonchev–Trinajstić information content (AvgIpc) is 3.06. The van der Waals surface area contributed by atoms with Crippen LogP contribution in [0, 0.1) is 5.92 Å². The third-order valence-corrected chi connectivity index (χ3v) is 8.37. The summed E-state index contributed by atoms with van der Waals surface area (Å²) in [4.78, 5) is 21.8. The summed E-state index contributed by atoms with van der Waals surface area (Å²) in [7, 11) is -2.26. The standard InChI is InChI=1S/C22H32ClF3N4O5S/c1-12-8-14(6-7-21(12,3)19-27-10-15(23)18(28-19)22(24,25)26)35-11-17-16(29-36(5,32)33)9-13(2)30(17)20(31)34-4/h10,12-14,16-17,29H,6-9,11H2,1-5H3/t12?,13-,14?,16+,17+,21?/m1/s1. The lowest BCUT2D eigenvalue weighted by Gasteiger charge is -2.42. The normalized spacial score (nSPS) is 31.5. The maximum absolute atomic E-state index is 13.3. The number of likely N-dealkylation sites (tertiary alicyclic amines) is 1. The molecule has 1 N–H and O–H groups in total. The number of hydrogen-bond acceptors (Lipinski definition) is 7. The molecule has 1 aromatic rings. The highest BCUT2D eigenvalue weighted by molar-refractivity contribution is 7.88. The first-order valence-corrected chi connectivity index (χ1v) is 13.9. The smallest absolute Gasteiger partial charge is 0.434 e. The van der Waals surface area contributed by atoms with Crippen molar-refractivity contribution in [1.29, 1.82) is 0 Å². The summed E-state index contributed by atoms with van der Waals surface area (Å²) in [6, 6.07) is -1.37. The molecule has 0 aromatic carbocycles. The van der Waals surface area contributed by atoms with Crippen molar-refractivity contribution < 1.29 is 35.9 Å². The van der Waals surface area contributed by atoms with Crippen LogP contribution in [-0.4, -0.2) is 73.6 Å². The molecule has 3 rings (SSSR count). The summed E-state index contributed by atoms with van der Waals surface area (Å²) in [5.41, 5.74) is -1.87. The molecule has 1 amide bonds. The van der Waals surface area contributed by atoms with Crippen molar-refractivity contribution >= 4 is 27.7 Å². The SMILES string of the molecule is COC(=O)N1[C@H](C)C[C@H](NS(C)(=O)=O)[C@@H]1COC1CCC(C)(c2ncc(Cl)c(C(F)(F)F)n2)C(C)C1. The Hall–Kier alpha value is -1.70. The molecular formula is C22H32ClF3N4O5S. The van der Waals surface area contributed by atoms with Gasteiger partial charge in [-0.3, -0.25) is 4.90 Å². The largest absolute Gasteiger partial charge is 0.453 e. The molecule has 9 nitrogen and oxygen atoms in total. The summed E-state index contributed by atoms with van der Waals surface area (Å²) in [6.45, 7) is 5.63. The van der Waals surface area contributed by atoms with Gasteiger partial charge in [-0.25, -0.2) is 27.9 Å². The minimum Gasteiger partial charge on any atom is -0.453 e. The molecule has 2 heterocycles. The molecule has 14 heteroatoms. The van der Waals surface area contributed by atoms with Crippen molar-refractivity contribution in [2.75, 3.05) is 20.0 Å². The van der Waals surface area contributed by atoms with E-state index in [1.165, 1.54) is 12.0 Å². The van der Waals surface area contributed by atoms with Crippen molar-refractivity contribution in [3.05, 3.63) is 22.7 Å². The number of aromatic nitrogens is 2. The Labute approximate surface area is 214 Å². The minimum atomic E-state index is -4.69. The number of carbonyl (C=O) groups excluding carboxylic acids is 1. The number of alkyl halides is 3. The van der Waals surface area contributed by atoms with Crippen LogP contribution >= 0.6 is 11.6 Å². The van der Waals surface area contributed by atoms with Gasteiger partial charge in [-0.1, -0.05) is 25.4 Å². The monoisotopic (exact) mass is 556 g/mol. The predicted octanol–water partition coefficient (Wildman–Crippen LogP) is 3.76. The molecule has 1 saturated heterocycles. The van der Waals surface area contributed by atoms with Gasteiger partial charge < -0.3 is 9.47 Å². The minimum absolute atomic E-state index is 0.0798. The van der Waals surface area contributed by atoms with Crippen LogP contribution in [0.3, 0.4) is 0 Å². The molecule has 1 saturated carbocycles. The first-order valence-electron chi connectivity index (χ1n) is 11.6. The first-order chi connectivity index (χ1) is 16.6. The number of halogens is 4. The molecule has 204 valence electrons. The third-order valence-electron chi connectivity index (χ3n) is 7.36. The van der Waals surface area contributed by atoms with Gasteiger partial charge in [0.05, 0.1) is 37.1 Å². The molecule has 2 aliphatic rings. The van der Waals surface area contributed by atoms with Crippen LogP contribution in [0.15, 0.2) is 6.20 Å². The highest BCUT2D eigenvalue weighted by Crippen LogP contribution is 2.44. The van der Waals surface area contributed by atoms with Crippen LogP contribution in [0.2, 0.25) is 5.02 Å². The summed E-state index contributed by atoms with van der Waals surface area (Å²) in [5.74, 6) is -0.0354. The van der Waals surface area contributed by atoms with Gasteiger partial charge in [0.1, 0.15) is 5.82 Å². The van der Waals surface area contributed by atoms with Gasteiger partial charge >= 0.3 is 12.3 Å². The Morgan fingerprint density at radius 1 is 1.33 bits per heavy atom. The fourth-order valence-corrected chi connectivity index (χ4v) is 6.22. The average molecular weight is 557 g/mol. The topological polar surface area (TPSA) is 111 Å². The number of nitrogens with one attached hydrogen (secondary N) is 1. The molecule has 0 radical (unpaired) electrons. The van der Waals surface area contributed by atoms with Crippen molar-refractivity contribution in [2.24, 2.45) is 5.92 Å².